The molecule has 0 aromatic carbocycles. The van der Waals surface area contributed by atoms with Crippen molar-refractivity contribution in [3.8, 4) is 0 Å². The van der Waals surface area contributed by atoms with Crippen LogP contribution in [0.15, 0.2) is 6.33 Å². The fraction of sp³-hybridized carbons (Fsp3) is 0.250. The van der Waals surface area contributed by atoms with E-state index in [-0.39, 0.29) is 5.69 Å². The smallest absolute Gasteiger partial charge is 0.280 e. The summed E-state index contributed by atoms with van der Waals surface area (Å²) in [4.78, 5) is 15.6. The average Bonchev–Trinajstić information content (AvgIpc) is 2.77. The standard InChI is InChI=1S/C8H11N7O/c1-4-5(9)6(14-13-4)7(16)12-8-10-3-11-15(8)2/h3H,9H2,1-2H3,(H,13,14)(H,10,11,12,16). The van der Waals surface area contributed by atoms with Crippen molar-refractivity contribution in [3.63, 3.8) is 0 Å². The number of carbonyl (C=O) groups excluding carboxylic acids is 1. The van der Waals surface area contributed by atoms with Gasteiger partial charge >= 0.3 is 0 Å². The van der Waals surface area contributed by atoms with Crippen molar-refractivity contribution >= 4 is 17.5 Å². The molecular weight excluding hydrogens is 210 g/mol. The Bertz CT molecular complexity index is 526. The lowest BCUT2D eigenvalue weighted by Crippen LogP contribution is -2.17. The summed E-state index contributed by atoms with van der Waals surface area (Å²) in [6, 6.07) is 0. The minimum absolute atomic E-state index is 0.153. The lowest BCUT2D eigenvalue weighted by Gasteiger charge is -2.01. The van der Waals surface area contributed by atoms with Gasteiger partial charge in [-0.05, 0) is 6.92 Å². The largest absolute Gasteiger partial charge is 0.395 e. The first-order valence-electron chi connectivity index (χ1n) is 4.55. The van der Waals surface area contributed by atoms with Gasteiger partial charge in [-0.15, -0.1) is 0 Å². The molecule has 8 heteroatoms. The summed E-state index contributed by atoms with van der Waals surface area (Å²) in [6.07, 6.45) is 1.34. The number of nitrogens with two attached hydrogens (primary N) is 1. The summed E-state index contributed by atoms with van der Waals surface area (Å²) >= 11 is 0. The highest BCUT2D eigenvalue weighted by Crippen LogP contribution is 2.13. The molecule has 4 N–H and O–H groups in total. The first-order chi connectivity index (χ1) is 7.59. The molecule has 0 saturated heterocycles. The van der Waals surface area contributed by atoms with Gasteiger partial charge in [0.1, 0.15) is 6.33 Å². The zero-order valence-electron chi connectivity index (χ0n) is 8.85. The molecule has 0 spiro atoms. The van der Waals surface area contributed by atoms with Gasteiger partial charge in [0.2, 0.25) is 5.95 Å². The van der Waals surface area contributed by atoms with Crippen molar-refractivity contribution in [1.29, 1.82) is 0 Å². The molecule has 8 nitrogen and oxygen atoms in total. The first kappa shape index (κ1) is 10.1. The molecule has 2 aromatic rings. The van der Waals surface area contributed by atoms with Crippen LogP contribution in [0.1, 0.15) is 16.2 Å². The van der Waals surface area contributed by atoms with Crippen LogP contribution in [-0.4, -0.2) is 30.9 Å². The van der Waals surface area contributed by atoms with Gasteiger partial charge < -0.3 is 5.73 Å². The molecule has 0 aliphatic carbocycles. The van der Waals surface area contributed by atoms with Crippen molar-refractivity contribution < 1.29 is 4.79 Å². The van der Waals surface area contributed by atoms with Gasteiger partial charge in [0.05, 0.1) is 11.4 Å². The van der Waals surface area contributed by atoms with Crippen LogP contribution in [0.4, 0.5) is 11.6 Å². The van der Waals surface area contributed by atoms with E-state index in [1.807, 2.05) is 0 Å². The molecule has 2 heterocycles. The SMILES string of the molecule is Cc1[nH]nc(C(=O)Nc2ncnn2C)c1N. The van der Waals surface area contributed by atoms with Crippen molar-refractivity contribution in [1.82, 2.24) is 25.0 Å². The van der Waals surface area contributed by atoms with E-state index in [1.165, 1.54) is 11.0 Å². The average molecular weight is 221 g/mol. The topological polar surface area (TPSA) is 115 Å². The third kappa shape index (κ3) is 1.60. The maximum atomic E-state index is 11.7. The Morgan fingerprint density at radius 1 is 1.62 bits per heavy atom. The first-order valence-corrected chi connectivity index (χ1v) is 4.55. The van der Waals surface area contributed by atoms with E-state index in [0.717, 1.165) is 0 Å². The zero-order valence-corrected chi connectivity index (χ0v) is 8.85. The molecule has 0 fully saturated rings. The highest BCUT2D eigenvalue weighted by atomic mass is 16.2. The van der Waals surface area contributed by atoms with Crippen LogP contribution in [0.25, 0.3) is 0 Å². The lowest BCUT2D eigenvalue weighted by atomic mass is 10.3. The van der Waals surface area contributed by atoms with Crippen LogP contribution in [-0.2, 0) is 7.05 Å². The number of H-pyrrole nitrogens is 1. The monoisotopic (exact) mass is 221 g/mol. The van der Waals surface area contributed by atoms with E-state index in [1.54, 1.807) is 14.0 Å². The number of carbonyl (C=O) groups is 1. The molecule has 0 saturated carbocycles. The number of aryl methyl sites for hydroxylation is 2. The predicted octanol–water partition coefficient (Wildman–Crippen LogP) is -0.319. The van der Waals surface area contributed by atoms with Crippen LogP contribution in [0, 0.1) is 6.92 Å². The normalized spacial score (nSPS) is 10.4. The summed E-state index contributed by atoms with van der Waals surface area (Å²) in [5.41, 5.74) is 6.82. The fourth-order valence-electron chi connectivity index (χ4n) is 1.18. The molecule has 2 rings (SSSR count). The van der Waals surface area contributed by atoms with E-state index in [9.17, 15) is 4.79 Å². The number of nitrogen functional groups attached to an aromatic ring is 1. The summed E-state index contributed by atoms with van der Waals surface area (Å²) in [6.45, 7) is 1.74. The lowest BCUT2D eigenvalue weighted by molar-refractivity contribution is 0.102. The van der Waals surface area contributed by atoms with E-state index >= 15 is 0 Å². The second-order valence-electron chi connectivity index (χ2n) is 3.27. The van der Waals surface area contributed by atoms with E-state index in [4.69, 9.17) is 5.73 Å². The Kier molecular flexibility index (Phi) is 2.31. The van der Waals surface area contributed by atoms with Gasteiger partial charge in [0, 0.05) is 7.05 Å². The summed E-state index contributed by atoms with van der Waals surface area (Å²) in [5.74, 6) is -0.0806. The Balaban J connectivity index is 2.21. The minimum Gasteiger partial charge on any atom is -0.395 e. The van der Waals surface area contributed by atoms with Crippen molar-refractivity contribution in [3.05, 3.63) is 17.7 Å². The zero-order chi connectivity index (χ0) is 11.7. The Hall–Kier alpha value is -2.38. The fourth-order valence-corrected chi connectivity index (χ4v) is 1.18. The Morgan fingerprint density at radius 2 is 2.38 bits per heavy atom. The molecular formula is C8H11N7O. The van der Waals surface area contributed by atoms with Crippen LogP contribution in [0.5, 0.6) is 0 Å². The van der Waals surface area contributed by atoms with Crippen molar-refractivity contribution in [2.75, 3.05) is 11.1 Å². The molecule has 1 amide bonds. The van der Waals surface area contributed by atoms with E-state index in [0.29, 0.717) is 17.3 Å². The number of aromatic amines is 1. The quantitative estimate of drug-likeness (QED) is 0.643. The number of aromatic nitrogens is 5. The van der Waals surface area contributed by atoms with Crippen molar-refractivity contribution in [2.45, 2.75) is 6.92 Å². The third-order valence-electron chi connectivity index (χ3n) is 2.15. The van der Waals surface area contributed by atoms with Crippen molar-refractivity contribution in [2.24, 2.45) is 7.05 Å². The van der Waals surface area contributed by atoms with Gasteiger partial charge in [-0.2, -0.15) is 15.2 Å². The second-order valence-corrected chi connectivity index (χ2v) is 3.27. The number of rotatable bonds is 2. The van der Waals surface area contributed by atoms with Gasteiger partial charge in [-0.3, -0.25) is 15.2 Å². The minimum atomic E-state index is -0.419. The second kappa shape index (κ2) is 3.65. The summed E-state index contributed by atoms with van der Waals surface area (Å²) < 4.78 is 1.44. The Morgan fingerprint density at radius 3 is 2.88 bits per heavy atom. The van der Waals surface area contributed by atoms with Crippen LogP contribution in [0.2, 0.25) is 0 Å². The summed E-state index contributed by atoms with van der Waals surface area (Å²) in [5, 5.41) is 12.8. The van der Waals surface area contributed by atoms with Crippen LogP contribution >= 0.6 is 0 Å². The molecule has 16 heavy (non-hydrogen) atoms. The molecule has 0 bridgehead atoms. The number of anilines is 2. The maximum absolute atomic E-state index is 11.7. The van der Waals surface area contributed by atoms with E-state index < -0.39 is 5.91 Å². The molecule has 0 aliphatic heterocycles. The highest BCUT2D eigenvalue weighted by Gasteiger charge is 2.16. The van der Waals surface area contributed by atoms with Crippen LogP contribution in [0.3, 0.4) is 0 Å². The molecule has 0 atom stereocenters. The van der Waals surface area contributed by atoms with Gasteiger partial charge in [-0.1, -0.05) is 0 Å². The maximum Gasteiger partial charge on any atom is 0.280 e. The number of hydrogen-bond acceptors (Lipinski definition) is 5. The van der Waals surface area contributed by atoms with E-state index in [2.05, 4.69) is 25.6 Å². The molecule has 84 valence electrons. The highest BCUT2D eigenvalue weighted by molar-refractivity contribution is 6.05. The molecule has 0 unspecified atom stereocenters. The van der Waals surface area contributed by atoms with Gasteiger partial charge in [-0.25, -0.2) is 4.68 Å². The van der Waals surface area contributed by atoms with Crippen LogP contribution < -0.4 is 11.1 Å². The number of nitrogens with one attached hydrogen (secondary N) is 2. The number of nitrogens with zero attached hydrogens (tertiary/aromatic N) is 4. The molecule has 0 radical (unpaired) electrons. The molecule has 2 aromatic heterocycles. The molecule has 0 aliphatic rings. The number of amides is 1. The predicted molar refractivity (Wildman–Crippen MR) is 56.7 cm³/mol. The third-order valence-corrected chi connectivity index (χ3v) is 2.15. The van der Waals surface area contributed by atoms with Gasteiger partial charge in [0.25, 0.3) is 5.91 Å². The Labute approximate surface area is 90.9 Å². The number of hydrogen-bond donors (Lipinski definition) is 3. The van der Waals surface area contributed by atoms with Gasteiger partial charge in [0.15, 0.2) is 5.69 Å². The summed E-state index contributed by atoms with van der Waals surface area (Å²) in [7, 11) is 1.67.